The largest absolute Gasteiger partial charge is 0.481 e. The number of carbonyl (C=O) groups excluding carboxylic acids is 1. The molecule has 19 heavy (non-hydrogen) atoms. The van der Waals surface area contributed by atoms with Crippen LogP contribution < -0.4 is 5.90 Å². The van der Waals surface area contributed by atoms with Gasteiger partial charge >= 0.3 is 11.9 Å². The van der Waals surface area contributed by atoms with Crippen LogP contribution in [0.3, 0.4) is 0 Å². The molecule has 1 aromatic rings. The Morgan fingerprint density at radius 2 is 1.68 bits per heavy atom. The summed E-state index contributed by atoms with van der Waals surface area (Å²) < 4.78 is 0. The minimum atomic E-state index is -0.855. The SMILES string of the molecule is Cc1cccc(C)c1.NOC(=O)CCCCC(=O)O. The smallest absolute Gasteiger partial charge is 0.324 e. The predicted molar refractivity (Wildman–Crippen MR) is 72.3 cm³/mol. The molecule has 0 atom stereocenters. The molecule has 0 aliphatic carbocycles. The van der Waals surface area contributed by atoms with Crippen LogP contribution >= 0.6 is 0 Å². The number of hydrogen-bond donors (Lipinski definition) is 2. The van der Waals surface area contributed by atoms with Crippen LogP contribution in [0, 0.1) is 13.8 Å². The molecule has 1 aromatic carbocycles. The molecular formula is C14H21NO4. The van der Waals surface area contributed by atoms with Crippen molar-refractivity contribution in [3.63, 3.8) is 0 Å². The zero-order valence-corrected chi connectivity index (χ0v) is 11.4. The van der Waals surface area contributed by atoms with Crippen molar-refractivity contribution in [2.24, 2.45) is 5.90 Å². The molecule has 5 nitrogen and oxygen atoms in total. The van der Waals surface area contributed by atoms with Crippen LogP contribution in [0.15, 0.2) is 24.3 Å². The molecular weight excluding hydrogens is 246 g/mol. The van der Waals surface area contributed by atoms with Gasteiger partial charge in [-0.25, -0.2) is 0 Å². The van der Waals surface area contributed by atoms with Gasteiger partial charge in [0.15, 0.2) is 0 Å². The zero-order valence-electron chi connectivity index (χ0n) is 11.4. The van der Waals surface area contributed by atoms with Crippen LogP contribution in [-0.2, 0) is 14.4 Å². The average molecular weight is 267 g/mol. The average Bonchev–Trinajstić information content (AvgIpc) is 2.34. The highest BCUT2D eigenvalue weighted by Crippen LogP contribution is 2.00. The van der Waals surface area contributed by atoms with Gasteiger partial charge in [-0.05, 0) is 26.7 Å². The molecule has 0 saturated carbocycles. The van der Waals surface area contributed by atoms with Crippen molar-refractivity contribution in [3.05, 3.63) is 35.4 Å². The first-order valence-electron chi connectivity index (χ1n) is 6.10. The Morgan fingerprint density at radius 3 is 2.05 bits per heavy atom. The number of rotatable bonds is 5. The fourth-order valence-corrected chi connectivity index (χ4v) is 1.41. The summed E-state index contributed by atoms with van der Waals surface area (Å²) in [4.78, 5) is 24.2. The van der Waals surface area contributed by atoms with E-state index in [2.05, 4.69) is 48.8 Å². The summed E-state index contributed by atoms with van der Waals surface area (Å²) in [6.45, 7) is 4.21. The van der Waals surface area contributed by atoms with Crippen LogP contribution in [0.1, 0.15) is 36.8 Å². The number of nitrogens with two attached hydrogens (primary N) is 1. The number of benzene rings is 1. The Kier molecular flexibility index (Phi) is 9.08. The second-order valence-electron chi connectivity index (χ2n) is 4.25. The molecule has 0 spiro atoms. The lowest BCUT2D eigenvalue weighted by Gasteiger charge is -1.95. The van der Waals surface area contributed by atoms with Gasteiger partial charge in [0.2, 0.25) is 0 Å². The van der Waals surface area contributed by atoms with Crippen LogP contribution in [0.4, 0.5) is 0 Å². The van der Waals surface area contributed by atoms with Gasteiger partial charge in [0.1, 0.15) is 0 Å². The number of carboxylic acids is 1. The number of carboxylic acid groups (broad SMARTS) is 1. The maximum atomic E-state index is 10.4. The highest BCUT2D eigenvalue weighted by molar-refractivity contribution is 5.69. The number of carbonyl (C=O) groups is 2. The Morgan fingerprint density at radius 1 is 1.16 bits per heavy atom. The molecule has 5 heteroatoms. The number of aryl methyl sites for hydroxylation is 2. The molecule has 0 aliphatic heterocycles. The van der Waals surface area contributed by atoms with Crippen LogP contribution in [0.25, 0.3) is 0 Å². The highest BCUT2D eigenvalue weighted by atomic mass is 16.7. The molecule has 106 valence electrons. The maximum Gasteiger partial charge on any atom is 0.324 e. The van der Waals surface area contributed by atoms with Crippen molar-refractivity contribution in [1.82, 2.24) is 0 Å². The van der Waals surface area contributed by atoms with Crippen LogP contribution in [-0.4, -0.2) is 17.0 Å². The quantitative estimate of drug-likeness (QED) is 0.631. The van der Waals surface area contributed by atoms with E-state index >= 15 is 0 Å². The summed E-state index contributed by atoms with van der Waals surface area (Å²) in [7, 11) is 0. The minimum absolute atomic E-state index is 0.0812. The first-order chi connectivity index (χ1) is 8.95. The van der Waals surface area contributed by atoms with Gasteiger partial charge in [-0.15, -0.1) is 0 Å². The van der Waals surface area contributed by atoms with E-state index in [-0.39, 0.29) is 12.8 Å². The Bertz CT molecular complexity index is 387. The molecule has 0 unspecified atom stereocenters. The first-order valence-corrected chi connectivity index (χ1v) is 6.10. The summed E-state index contributed by atoms with van der Waals surface area (Å²) in [6.07, 6.45) is 1.24. The number of hydrogen-bond acceptors (Lipinski definition) is 4. The normalized spacial score (nSPS) is 9.21. The van der Waals surface area contributed by atoms with Crippen molar-refractivity contribution < 1.29 is 19.5 Å². The number of unbranched alkanes of at least 4 members (excludes halogenated alkanes) is 1. The van der Waals surface area contributed by atoms with Crippen LogP contribution in [0.5, 0.6) is 0 Å². The van der Waals surface area contributed by atoms with Gasteiger partial charge in [-0.2, -0.15) is 5.90 Å². The van der Waals surface area contributed by atoms with E-state index in [1.54, 1.807) is 0 Å². The monoisotopic (exact) mass is 267 g/mol. The van der Waals surface area contributed by atoms with E-state index in [1.165, 1.54) is 11.1 Å². The second kappa shape index (κ2) is 10.1. The maximum absolute atomic E-state index is 10.4. The van der Waals surface area contributed by atoms with Gasteiger partial charge in [0.05, 0.1) is 0 Å². The summed E-state index contributed by atoms with van der Waals surface area (Å²) in [6, 6.07) is 8.45. The van der Waals surface area contributed by atoms with Gasteiger partial charge in [0.25, 0.3) is 0 Å². The van der Waals surface area contributed by atoms with Crippen molar-refractivity contribution >= 4 is 11.9 Å². The molecule has 3 N–H and O–H groups in total. The molecule has 0 saturated heterocycles. The van der Waals surface area contributed by atoms with Gasteiger partial charge in [-0.3, -0.25) is 9.59 Å². The van der Waals surface area contributed by atoms with E-state index < -0.39 is 11.9 Å². The predicted octanol–water partition coefficient (Wildman–Crippen LogP) is 2.35. The third-order valence-corrected chi connectivity index (χ3v) is 2.33. The number of aliphatic carboxylic acids is 1. The van der Waals surface area contributed by atoms with Crippen molar-refractivity contribution in [2.75, 3.05) is 0 Å². The second-order valence-corrected chi connectivity index (χ2v) is 4.25. The first kappa shape index (κ1) is 17.1. The Hall–Kier alpha value is -1.88. The third kappa shape index (κ3) is 11.0. The van der Waals surface area contributed by atoms with Crippen molar-refractivity contribution in [3.8, 4) is 0 Å². The van der Waals surface area contributed by atoms with Crippen molar-refractivity contribution in [1.29, 1.82) is 0 Å². The lowest BCUT2D eigenvalue weighted by Crippen LogP contribution is -2.09. The minimum Gasteiger partial charge on any atom is -0.481 e. The molecule has 0 amide bonds. The molecule has 1 rings (SSSR count). The molecule has 0 aliphatic rings. The van der Waals surface area contributed by atoms with Gasteiger partial charge < -0.3 is 9.94 Å². The summed E-state index contributed by atoms with van der Waals surface area (Å²) in [5, 5.41) is 8.20. The Labute approximate surface area is 113 Å². The summed E-state index contributed by atoms with van der Waals surface area (Å²) in [5.74, 6) is 3.19. The topological polar surface area (TPSA) is 89.6 Å². The zero-order chi connectivity index (χ0) is 14.7. The molecule has 0 bridgehead atoms. The highest BCUT2D eigenvalue weighted by Gasteiger charge is 2.01. The molecule has 0 fully saturated rings. The molecule has 0 heterocycles. The van der Waals surface area contributed by atoms with Crippen LogP contribution in [0.2, 0.25) is 0 Å². The lowest BCUT2D eigenvalue weighted by molar-refractivity contribution is -0.144. The van der Waals surface area contributed by atoms with Crippen molar-refractivity contribution in [2.45, 2.75) is 39.5 Å². The van der Waals surface area contributed by atoms with Gasteiger partial charge in [-0.1, -0.05) is 35.4 Å². The van der Waals surface area contributed by atoms with Gasteiger partial charge in [0, 0.05) is 12.8 Å². The summed E-state index contributed by atoms with van der Waals surface area (Å²) >= 11 is 0. The van der Waals surface area contributed by atoms with E-state index in [0.29, 0.717) is 12.8 Å². The molecule has 0 radical (unpaired) electrons. The summed E-state index contributed by atoms with van der Waals surface area (Å²) in [5.41, 5.74) is 2.68. The third-order valence-electron chi connectivity index (χ3n) is 2.33. The van der Waals surface area contributed by atoms with E-state index in [9.17, 15) is 9.59 Å². The van der Waals surface area contributed by atoms with E-state index in [4.69, 9.17) is 5.11 Å². The molecule has 0 aromatic heterocycles. The Balaban J connectivity index is 0.000000356. The van der Waals surface area contributed by atoms with E-state index in [0.717, 1.165) is 0 Å². The fraction of sp³-hybridized carbons (Fsp3) is 0.429. The fourth-order valence-electron chi connectivity index (χ4n) is 1.41. The lowest BCUT2D eigenvalue weighted by atomic mass is 10.2. The standard InChI is InChI=1S/C8H10.C6H11NO4/c1-7-4-3-5-8(2)6-7;7-11-6(10)4-2-1-3-5(8)9/h3-6H,1-2H3;1-4,7H2,(H,8,9). The van der Waals surface area contributed by atoms with E-state index in [1.807, 2.05) is 0 Å².